The smallest absolute Gasteiger partial charge is 0.218 e. The molecule has 1 amide bonds. The van der Waals surface area contributed by atoms with Gasteiger partial charge in [0.05, 0.1) is 0 Å². The minimum Gasteiger partial charge on any atom is -0.370 e. The van der Waals surface area contributed by atoms with Crippen molar-refractivity contribution in [3.8, 4) is 0 Å². The van der Waals surface area contributed by atoms with E-state index in [0.29, 0.717) is 6.42 Å². The first kappa shape index (κ1) is 11.1. The van der Waals surface area contributed by atoms with Gasteiger partial charge in [-0.05, 0) is 11.8 Å². The highest BCUT2D eigenvalue weighted by molar-refractivity contribution is 5.77. The molecule has 0 saturated carbocycles. The van der Waals surface area contributed by atoms with Gasteiger partial charge in [0.1, 0.15) is 6.29 Å². The van der Waals surface area contributed by atoms with Gasteiger partial charge in [0.15, 0.2) is 0 Å². The molecule has 0 spiro atoms. The summed E-state index contributed by atoms with van der Waals surface area (Å²) in [6.07, 6.45) is 1.69. The van der Waals surface area contributed by atoms with E-state index in [9.17, 15) is 9.59 Å². The normalized spacial score (nSPS) is 13.9. The van der Waals surface area contributed by atoms with E-state index in [1.165, 1.54) is 0 Å². The van der Waals surface area contributed by atoms with E-state index in [-0.39, 0.29) is 17.8 Å². The molecule has 0 aromatic rings. The van der Waals surface area contributed by atoms with Gasteiger partial charge in [-0.15, -0.1) is 0 Å². The van der Waals surface area contributed by atoms with Crippen LogP contribution in [0.15, 0.2) is 0 Å². The van der Waals surface area contributed by atoms with Crippen molar-refractivity contribution in [2.75, 3.05) is 0 Å². The molecule has 3 heteroatoms. The van der Waals surface area contributed by atoms with E-state index in [1.54, 1.807) is 0 Å². The van der Waals surface area contributed by atoms with E-state index >= 15 is 0 Å². The molecule has 2 N–H and O–H groups in total. The predicted molar refractivity (Wildman–Crippen MR) is 47.4 cm³/mol. The first-order valence-electron chi connectivity index (χ1n) is 4.09. The second-order valence-electron chi connectivity index (χ2n) is 4.33. The Balaban J connectivity index is 4.00. The van der Waals surface area contributed by atoms with Gasteiger partial charge in [-0.25, -0.2) is 0 Å². The van der Waals surface area contributed by atoms with Gasteiger partial charge < -0.3 is 10.5 Å². The highest BCUT2D eigenvalue weighted by Gasteiger charge is 2.19. The molecule has 0 bridgehead atoms. The second kappa shape index (κ2) is 4.24. The van der Waals surface area contributed by atoms with Crippen LogP contribution in [-0.4, -0.2) is 12.2 Å². The van der Waals surface area contributed by atoms with Crippen LogP contribution >= 0.6 is 0 Å². The number of carbonyl (C=O) groups excluding carboxylic acids is 2. The standard InChI is InChI=1S/C9H17NO2/c1-9(2,3)5-7(6-11)4-8(10)12/h6-7H,4-5H2,1-3H3,(H2,10,12). The Morgan fingerprint density at radius 3 is 2.25 bits per heavy atom. The third-order valence-corrected chi connectivity index (χ3v) is 1.53. The van der Waals surface area contributed by atoms with Gasteiger partial charge in [-0.2, -0.15) is 0 Å². The van der Waals surface area contributed by atoms with Crippen LogP contribution in [0.1, 0.15) is 33.6 Å². The minimum atomic E-state index is -0.406. The molecule has 0 aliphatic carbocycles. The van der Waals surface area contributed by atoms with Crippen molar-refractivity contribution in [1.82, 2.24) is 0 Å². The molecular formula is C9H17NO2. The summed E-state index contributed by atoms with van der Waals surface area (Å²) in [7, 11) is 0. The molecule has 0 aromatic heterocycles. The molecule has 0 radical (unpaired) electrons. The Kier molecular flexibility index (Phi) is 3.93. The summed E-state index contributed by atoms with van der Waals surface area (Å²) >= 11 is 0. The first-order valence-corrected chi connectivity index (χ1v) is 4.09. The Morgan fingerprint density at radius 2 is 2.00 bits per heavy atom. The fourth-order valence-corrected chi connectivity index (χ4v) is 1.21. The summed E-state index contributed by atoms with van der Waals surface area (Å²) < 4.78 is 0. The monoisotopic (exact) mass is 171 g/mol. The molecule has 0 fully saturated rings. The number of nitrogens with two attached hydrogens (primary N) is 1. The van der Waals surface area contributed by atoms with Gasteiger partial charge in [-0.3, -0.25) is 4.79 Å². The Morgan fingerprint density at radius 1 is 1.50 bits per heavy atom. The molecule has 0 heterocycles. The quantitative estimate of drug-likeness (QED) is 0.644. The van der Waals surface area contributed by atoms with Crippen LogP contribution in [-0.2, 0) is 9.59 Å². The molecule has 0 aliphatic rings. The van der Waals surface area contributed by atoms with Crippen LogP contribution in [0.3, 0.4) is 0 Å². The van der Waals surface area contributed by atoms with Crippen LogP contribution in [0, 0.1) is 11.3 Å². The third kappa shape index (κ3) is 5.89. The van der Waals surface area contributed by atoms with E-state index < -0.39 is 5.91 Å². The Bertz CT molecular complexity index is 170. The fraction of sp³-hybridized carbons (Fsp3) is 0.778. The van der Waals surface area contributed by atoms with Crippen LogP contribution in [0.2, 0.25) is 0 Å². The Labute approximate surface area is 73.3 Å². The molecular weight excluding hydrogens is 154 g/mol. The predicted octanol–water partition coefficient (Wildman–Crippen LogP) is 1.11. The van der Waals surface area contributed by atoms with E-state index in [4.69, 9.17) is 5.73 Å². The lowest BCUT2D eigenvalue weighted by Crippen LogP contribution is -2.21. The summed E-state index contributed by atoms with van der Waals surface area (Å²) in [4.78, 5) is 21.0. The lowest BCUT2D eigenvalue weighted by Gasteiger charge is -2.21. The maximum Gasteiger partial charge on any atom is 0.218 e. The number of primary amides is 1. The number of amides is 1. The average molecular weight is 171 g/mol. The number of hydrogen-bond donors (Lipinski definition) is 1. The molecule has 0 aromatic carbocycles. The summed E-state index contributed by atoms with van der Waals surface area (Å²) in [5, 5.41) is 0. The second-order valence-corrected chi connectivity index (χ2v) is 4.33. The molecule has 0 rings (SSSR count). The largest absolute Gasteiger partial charge is 0.370 e. The van der Waals surface area contributed by atoms with Crippen molar-refractivity contribution in [2.24, 2.45) is 17.1 Å². The zero-order valence-electron chi connectivity index (χ0n) is 7.96. The van der Waals surface area contributed by atoms with Crippen molar-refractivity contribution in [1.29, 1.82) is 0 Å². The van der Waals surface area contributed by atoms with Crippen LogP contribution < -0.4 is 5.73 Å². The zero-order valence-corrected chi connectivity index (χ0v) is 7.96. The Hall–Kier alpha value is -0.860. The molecule has 1 atom stereocenters. The maximum absolute atomic E-state index is 10.5. The fourth-order valence-electron chi connectivity index (χ4n) is 1.21. The minimum absolute atomic E-state index is 0.0705. The molecule has 70 valence electrons. The molecule has 0 saturated heterocycles. The van der Waals surface area contributed by atoms with E-state index in [0.717, 1.165) is 6.29 Å². The van der Waals surface area contributed by atoms with Crippen molar-refractivity contribution in [3.63, 3.8) is 0 Å². The SMILES string of the molecule is CC(C)(C)CC(C=O)CC(N)=O. The van der Waals surface area contributed by atoms with E-state index in [2.05, 4.69) is 0 Å². The molecule has 3 nitrogen and oxygen atoms in total. The maximum atomic E-state index is 10.5. The van der Waals surface area contributed by atoms with Crippen LogP contribution in [0.4, 0.5) is 0 Å². The highest BCUT2D eigenvalue weighted by Crippen LogP contribution is 2.24. The van der Waals surface area contributed by atoms with Gasteiger partial charge in [0.25, 0.3) is 0 Å². The summed E-state index contributed by atoms with van der Waals surface area (Å²) in [5.74, 6) is -0.626. The van der Waals surface area contributed by atoms with Crippen molar-refractivity contribution >= 4 is 12.2 Å². The summed E-state index contributed by atoms with van der Waals surface area (Å²) in [6, 6.07) is 0. The number of rotatable bonds is 4. The zero-order chi connectivity index (χ0) is 9.78. The van der Waals surface area contributed by atoms with Crippen molar-refractivity contribution in [2.45, 2.75) is 33.6 Å². The van der Waals surface area contributed by atoms with Gasteiger partial charge in [-0.1, -0.05) is 20.8 Å². The van der Waals surface area contributed by atoms with Crippen molar-refractivity contribution in [3.05, 3.63) is 0 Å². The lowest BCUT2D eigenvalue weighted by molar-refractivity contribution is -0.122. The van der Waals surface area contributed by atoms with Crippen LogP contribution in [0.5, 0.6) is 0 Å². The third-order valence-electron chi connectivity index (χ3n) is 1.53. The van der Waals surface area contributed by atoms with Gasteiger partial charge in [0, 0.05) is 12.3 Å². The number of carbonyl (C=O) groups is 2. The summed E-state index contributed by atoms with van der Waals surface area (Å²) in [5.41, 5.74) is 5.06. The number of aldehydes is 1. The lowest BCUT2D eigenvalue weighted by atomic mass is 9.84. The van der Waals surface area contributed by atoms with Crippen molar-refractivity contribution < 1.29 is 9.59 Å². The molecule has 0 aliphatic heterocycles. The average Bonchev–Trinajstić information content (AvgIpc) is 1.82. The van der Waals surface area contributed by atoms with E-state index in [1.807, 2.05) is 20.8 Å². The van der Waals surface area contributed by atoms with Gasteiger partial charge >= 0.3 is 0 Å². The van der Waals surface area contributed by atoms with Gasteiger partial charge in [0.2, 0.25) is 5.91 Å². The molecule has 12 heavy (non-hydrogen) atoms. The topological polar surface area (TPSA) is 60.2 Å². The first-order chi connectivity index (χ1) is 5.35. The summed E-state index contributed by atoms with van der Waals surface area (Å²) in [6.45, 7) is 6.10. The molecule has 1 unspecified atom stereocenters. The highest BCUT2D eigenvalue weighted by atomic mass is 16.1. The number of hydrogen-bond acceptors (Lipinski definition) is 2. The van der Waals surface area contributed by atoms with Crippen LogP contribution in [0.25, 0.3) is 0 Å².